The molecule has 1 unspecified atom stereocenters. The monoisotopic (exact) mass is 305 g/mol. The zero-order chi connectivity index (χ0) is 15.8. The number of hydrogen-bond donors (Lipinski definition) is 0. The first kappa shape index (κ1) is 14.5. The lowest BCUT2D eigenvalue weighted by Gasteiger charge is -2.42. The molecular formula is C21H20FN. The highest BCUT2D eigenvalue weighted by atomic mass is 19.1. The molecular weight excluding hydrogens is 285 g/mol. The van der Waals surface area contributed by atoms with Gasteiger partial charge in [-0.05, 0) is 60.2 Å². The van der Waals surface area contributed by atoms with Gasteiger partial charge in [0, 0.05) is 30.3 Å². The number of likely N-dealkylation sites (tertiary alicyclic amines) is 1. The fourth-order valence-corrected chi connectivity index (χ4v) is 3.76. The zero-order valence-electron chi connectivity index (χ0n) is 13.3. The Labute approximate surface area is 137 Å². The minimum atomic E-state index is -0.239. The summed E-state index contributed by atoms with van der Waals surface area (Å²) in [5.41, 5.74) is 4.65. The largest absolute Gasteiger partial charge is 0.296 e. The van der Waals surface area contributed by atoms with Crippen LogP contribution in [-0.4, -0.2) is 18.0 Å². The summed E-state index contributed by atoms with van der Waals surface area (Å²) in [6.07, 6.45) is 2.36. The Hall–Kier alpha value is -2.11. The van der Waals surface area contributed by atoms with Crippen molar-refractivity contribution in [3.63, 3.8) is 0 Å². The van der Waals surface area contributed by atoms with Crippen LogP contribution in [0, 0.1) is 23.6 Å². The molecule has 23 heavy (non-hydrogen) atoms. The third-order valence-corrected chi connectivity index (χ3v) is 4.90. The van der Waals surface area contributed by atoms with Crippen molar-refractivity contribution in [2.24, 2.45) is 5.92 Å². The Morgan fingerprint density at radius 3 is 2.57 bits per heavy atom. The maximum Gasteiger partial charge on any atom is 0.124 e. The minimum Gasteiger partial charge on any atom is -0.296 e. The molecule has 0 aromatic heterocycles. The van der Waals surface area contributed by atoms with Gasteiger partial charge in [0.1, 0.15) is 5.82 Å². The Bertz CT molecular complexity index is 793. The predicted molar refractivity (Wildman–Crippen MR) is 90.6 cm³/mol. The maximum atomic E-state index is 13.2. The average molecular weight is 305 g/mol. The molecule has 2 aromatic carbocycles. The zero-order valence-corrected chi connectivity index (χ0v) is 13.3. The molecule has 1 aliphatic carbocycles. The van der Waals surface area contributed by atoms with Crippen molar-refractivity contribution in [1.29, 1.82) is 0 Å². The van der Waals surface area contributed by atoms with Crippen LogP contribution in [0.15, 0.2) is 42.5 Å². The summed E-state index contributed by atoms with van der Waals surface area (Å²) in [6.45, 7) is 4.77. The highest BCUT2D eigenvalue weighted by Crippen LogP contribution is 2.39. The predicted octanol–water partition coefficient (Wildman–Crippen LogP) is 4.16. The van der Waals surface area contributed by atoms with Gasteiger partial charge in [-0.3, -0.25) is 4.90 Å². The molecule has 0 spiro atoms. The number of aryl methyl sites for hydroxylation is 1. The SMILES string of the molecule is CC1CN(C2CCc3cc(C#Cc4cccc(F)c4)ccc32)C1. The standard InChI is InChI=1S/C21H20FN/c1-15-13-23(14-15)21-10-8-18-11-17(7-9-20(18)21)6-5-16-3-2-4-19(22)12-16/h2-4,7,9,11-12,15,21H,8,10,13-14H2,1H3. The molecule has 0 radical (unpaired) electrons. The van der Waals surface area contributed by atoms with E-state index in [0.29, 0.717) is 6.04 Å². The summed E-state index contributed by atoms with van der Waals surface area (Å²) in [6, 6.07) is 13.6. The van der Waals surface area contributed by atoms with Gasteiger partial charge in [0.05, 0.1) is 0 Å². The quantitative estimate of drug-likeness (QED) is 0.715. The Kier molecular flexibility index (Phi) is 3.67. The summed E-state index contributed by atoms with van der Waals surface area (Å²) in [5.74, 6) is 6.83. The molecule has 1 fully saturated rings. The second kappa shape index (κ2) is 5.83. The van der Waals surface area contributed by atoms with E-state index in [9.17, 15) is 4.39 Å². The topological polar surface area (TPSA) is 3.24 Å². The first-order valence-corrected chi connectivity index (χ1v) is 8.33. The van der Waals surface area contributed by atoms with E-state index < -0.39 is 0 Å². The van der Waals surface area contributed by atoms with E-state index in [-0.39, 0.29) is 5.82 Å². The van der Waals surface area contributed by atoms with Crippen LogP contribution in [-0.2, 0) is 6.42 Å². The van der Waals surface area contributed by atoms with Crippen LogP contribution in [0.4, 0.5) is 4.39 Å². The number of halogens is 1. The molecule has 1 heterocycles. The molecule has 1 atom stereocenters. The van der Waals surface area contributed by atoms with Crippen molar-refractivity contribution < 1.29 is 4.39 Å². The number of benzene rings is 2. The summed E-state index contributed by atoms with van der Waals surface area (Å²) in [7, 11) is 0. The van der Waals surface area contributed by atoms with Gasteiger partial charge in [0.25, 0.3) is 0 Å². The van der Waals surface area contributed by atoms with Crippen LogP contribution in [0.3, 0.4) is 0 Å². The summed E-state index contributed by atoms with van der Waals surface area (Å²) in [4.78, 5) is 2.59. The molecule has 1 saturated heterocycles. The van der Waals surface area contributed by atoms with Gasteiger partial charge in [-0.15, -0.1) is 0 Å². The summed E-state index contributed by atoms with van der Waals surface area (Å²) >= 11 is 0. The summed E-state index contributed by atoms with van der Waals surface area (Å²) < 4.78 is 13.2. The second-order valence-corrected chi connectivity index (χ2v) is 6.79. The van der Waals surface area contributed by atoms with Crippen LogP contribution in [0.1, 0.15) is 41.6 Å². The molecule has 1 aliphatic heterocycles. The van der Waals surface area contributed by atoms with Gasteiger partial charge in [0.2, 0.25) is 0 Å². The number of hydrogen-bond acceptors (Lipinski definition) is 1. The fourth-order valence-electron chi connectivity index (χ4n) is 3.76. The van der Waals surface area contributed by atoms with Crippen LogP contribution >= 0.6 is 0 Å². The molecule has 0 N–H and O–H groups in total. The van der Waals surface area contributed by atoms with Crippen molar-refractivity contribution in [2.45, 2.75) is 25.8 Å². The molecule has 2 heteroatoms. The molecule has 2 aliphatic rings. The third kappa shape index (κ3) is 2.90. The first-order chi connectivity index (χ1) is 11.2. The van der Waals surface area contributed by atoms with Gasteiger partial charge in [-0.2, -0.15) is 0 Å². The molecule has 1 nitrogen and oxygen atoms in total. The van der Waals surface area contributed by atoms with Crippen molar-refractivity contribution in [3.05, 3.63) is 70.5 Å². The van der Waals surface area contributed by atoms with E-state index >= 15 is 0 Å². The Morgan fingerprint density at radius 2 is 1.83 bits per heavy atom. The Morgan fingerprint density at radius 1 is 1.04 bits per heavy atom. The van der Waals surface area contributed by atoms with E-state index in [2.05, 4.69) is 41.9 Å². The van der Waals surface area contributed by atoms with Crippen LogP contribution in [0.2, 0.25) is 0 Å². The lowest BCUT2D eigenvalue weighted by Crippen LogP contribution is -2.46. The average Bonchev–Trinajstić information content (AvgIpc) is 2.93. The molecule has 0 amide bonds. The van der Waals surface area contributed by atoms with Crippen molar-refractivity contribution in [3.8, 4) is 11.8 Å². The number of rotatable bonds is 1. The molecule has 2 aromatic rings. The van der Waals surface area contributed by atoms with Gasteiger partial charge >= 0.3 is 0 Å². The highest BCUT2D eigenvalue weighted by molar-refractivity contribution is 5.47. The lowest BCUT2D eigenvalue weighted by molar-refractivity contribution is 0.0624. The van der Waals surface area contributed by atoms with Gasteiger partial charge in [-0.1, -0.05) is 30.9 Å². The van der Waals surface area contributed by atoms with E-state index in [4.69, 9.17) is 0 Å². The van der Waals surface area contributed by atoms with E-state index in [1.54, 1.807) is 6.07 Å². The molecule has 4 rings (SSSR count). The van der Waals surface area contributed by atoms with E-state index in [0.717, 1.165) is 23.5 Å². The van der Waals surface area contributed by atoms with E-state index in [1.807, 2.05) is 6.07 Å². The van der Waals surface area contributed by atoms with Crippen molar-refractivity contribution >= 4 is 0 Å². The smallest absolute Gasteiger partial charge is 0.124 e. The third-order valence-electron chi connectivity index (χ3n) is 4.90. The Balaban J connectivity index is 1.55. The fraction of sp³-hybridized carbons (Fsp3) is 0.333. The number of fused-ring (bicyclic) bond motifs is 1. The van der Waals surface area contributed by atoms with Crippen LogP contribution in [0.5, 0.6) is 0 Å². The maximum absolute atomic E-state index is 13.2. The normalized spacial score (nSPS) is 20.5. The van der Waals surface area contributed by atoms with Gasteiger partial charge < -0.3 is 0 Å². The molecule has 0 saturated carbocycles. The molecule has 116 valence electrons. The van der Waals surface area contributed by atoms with Gasteiger partial charge in [0.15, 0.2) is 0 Å². The van der Waals surface area contributed by atoms with E-state index in [1.165, 1.54) is 42.8 Å². The van der Waals surface area contributed by atoms with Crippen LogP contribution < -0.4 is 0 Å². The lowest BCUT2D eigenvalue weighted by atomic mass is 9.96. The highest BCUT2D eigenvalue weighted by Gasteiger charge is 2.34. The molecule has 0 bridgehead atoms. The van der Waals surface area contributed by atoms with Crippen molar-refractivity contribution in [2.75, 3.05) is 13.1 Å². The first-order valence-electron chi connectivity index (χ1n) is 8.33. The van der Waals surface area contributed by atoms with Gasteiger partial charge in [-0.25, -0.2) is 4.39 Å². The van der Waals surface area contributed by atoms with Crippen LogP contribution in [0.25, 0.3) is 0 Å². The number of nitrogens with zero attached hydrogens (tertiary/aromatic N) is 1. The van der Waals surface area contributed by atoms with Crippen molar-refractivity contribution in [1.82, 2.24) is 4.90 Å². The summed E-state index contributed by atoms with van der Waals surface area (Å²) in [5, 5.41) is 0. The second-order valence-electron chi connectivity index (χ2n) is 6.79. The minimum absolute atomic E-state index is 0.239.